The fourth-order valence-electron chi connectivity index (χ4n) is 2.29. The highest BCUT2D eigenvalue weighted by molar-refractivity contribution is 5.77. The average molecular weight is 242 g/mol. The summed E-state index contributed by atoms with van der Waals surface area (Å²) in [4.78, 5) is 13.3. The third kappa shape index (κ3) is 5.50. The molecule has 4 nitrogen and oxygen atoms in total. The van der Waals surface area contributed by atoms with Crippen LogP contribution in [0.3, 0.4) is 0 Å². The molecular weight excluding hydrogens is 216 g/mol. The Kier molecular flexibility index (Phi) is 5.92. The van der Waals surface area contributed by atoms with Gasteiger partial charge in [0, 0.05) is 0 Å². The zero-order valence-electron chi connectivity index (χ0n) is 11.0. The van der Waals surface area contributed by atoms with Crippen molar-refractivity contribution in [3.8, 4) is 0 Å². The van der Waals surface area contributed by atoms with Gasteiger partial charge < -0.3 is 15.7 Å². The Labute approximate surface area is 104 Å². The van der Waals surface area contributed by atoms with Gasteiger partial charge >= 0.3 is 5.97 Å². The maximum Gasteiger partial charge on any atom is 0.323 e. The van der Waals surface area contributed by atoms with Gasteiger partial charge in [0.15, 0.2) is 0 Å². The highest BCUT2D eigenvalue weighted by Gasteiger charge is 2.26. The molecule has 1 unspecified atom stereocenters. The van der Waals surface area contributed by atoms with Crippen molar-refractivity contribution < 1.29 is 9.90 Å². The number of aliphatic carboxylic acids is 1. The number of carboxylic acid groups (broad SMARTS) is 1. The van der Waals surface area contributed by atoms with Gasteiger partial charge in [0.1, 0.15) is 5.54 Å². The molecule has 1 rings (SSSR count). The highest BCUT2D eigenvalue weighted by Crippen LogP contribution is 2.13. The van der Waals surface area contributed by atoms with Crippen molar-refractivity contribution in [1.29, 1.82) is 0 Å². The summed E-state index contributed by atoms with van der Waals surface area (Å²) >= 11 is 0. The molecule has 3 N–H and O–H groups in total. The maximum absolute atomic E-state index is 10.8. The summed E-state index contributed by atoms with van der Waals surface area (Å²) in [5, 5.41) is 8.89. The van der Waals surface area contributed by atoms with Gasteiger partial charge in [-0.25, -0.2) is 0 Å². The van der Waals surface area contributed by atoms with Crippen LogP contribution in [0.2, 0.25) is 0 Å². The van der Waals surface area contributed by atoms with Gasteiger partial charge in [-0.1, -0.05) is 12.8 Å². The van der Waals surface area contributed by atoms with Crippen molar-refractivity contribution in [2.24, 2.45) is 5.73 Å². The first-order valence-electron chi connectivity index (χ1n) is 6.77. The minimum Gasteiger partial charge on any atom is -0.480 e. The predicted molar refractivity (Wildman–Crippen MR) is 69.0 cm³/mol. The third-order valence-corrected chi connectivity index (χ3v) is 3.61. The van der Waals surface area contributed by atoms with Crippen LogP contribution in [0.15, 0.2) is 0 Å². The Balaban J connectivity index is 2.12. The number of rotatable bonds is 6. The van der Waals surface area contributed by atoms with E-state index >= 15 is 0 Å². The SMILES string of the molecule is CC(N)(CCCCN1CCCCCC1)C(=O)O. The van der Waals surface area contributed by atoms with Crippen molar-refractivity contribution in [1.82, 2.24) is 4.90 Å². The van der Waals surface area contributed by atoms with E-state index in [0.29, 0.717) is 6.42 Å². The largest absolute Gasteiger partial charge is 0.480 e. The molecule has 0 aromatic carbocycles. The molecule has 1 aliphatic rings. The van der Waals surface area contributed by atoms with Crippen LogP contribution in [0.25, 0.3) is 0 Å². The second-order valence-corrected chi connectivity index (χ2v) is 5.44. The fourth-order valence-corrected chi connectivity index (χ4v) is 2.29. The average Bonchev–Trinajstić information content (AvgIpc) is 2.52. The molecule has 100 valence electrons. The Morgan fingerprint density at radius 3 is 2.35 bits per heavy atom. The second kappa shape index (κ2) is 6.97. The molecule has 1 saturated heterocycles. The zero-order valence-corrected chi connectivity index (χ0v) is 11.0. The van der Waals surface area contributed by atoms with Crippen LogP contribution in [0, 0.1) is 0 Å². The van der Waals surface area contributed by atoms with E-state index < -0.39 is 11.5 Å². The Bertz CT molecular complexity index is 234. The van der Waals surface area contributed by atoms with Crippen molar-refractivity contribution in [2.75, 3.05) is 19.6 Å². The van der Waals surface area contributed by atoms with E-state index in [1.165, 1.54) is 38.8 Å². The number of hydrogen-bond acceptors (Lipinski definition) is 3. The molecule has 0 aliphatic carbocycles. The highest BCUT2D eigenvalue weighted by atomic mass is 16.4. The summed E-state index contributed by atoms with van der Waals surface area (Å²) in [5.41, 5.74) is 4.63. The first kappa shape index (κ1) is 14.5. The van der Waals surface area contributed by atoms with Crippen LogP contribution in [-0.2, 0) is 4.79 Å². The number of carboxylic acids is 1. The maximum atomic E-state index is 10.8. The van der Waals surface area contributed by atoms with Crippen LogP contribution in [0.1, 0.15) is 51.9 Å². The summed E-state index contributed by atoms with van der Waals surface area (Å²) in [7, 11) is 0. The number of unbranched alkanes of at least 4 members (excludes halogenated alkanes) is 1. The molecule has 0 amide bonds. The van der Waals surface area contributed by atoms with E-state index in [9.17, 15) is 4.79 Å². The lowest BCUT2D eigenvalue weighted by Crippen LogP contribution is -2.44. The van der Waals surface area contributed by atoms with E-state index in [-0.39, 0.29) is 0 Å². The van der Waals surface area contributed by atoms with Gasteiger partial charge in [0.2, 0.25) is 0 Å². The normalized spacial score (nSPS) is 21.8. The molecule has 1 aliphatic heterocycles. The lowest BCUT2D eigenvalue weighted by molar-refractivity contribution is -0.142. The lowest BCUT2D eigenvalue weighted by atomic mass is 9.96. The minimum atomic E-state index is -1.06. The monoisotopic (exact) mass is 242 g/mol. The molecule has 4 heteroatoms. The zero-order chi connectivity index (χ0) is 12.7. The van der Waals surface area contributed by atoms with E-state index in [4.69, 9.17) is 10.8 Å². The number of carbonyl (C=O) groups is 1. The summed E-state index contributed by atoms with van der Waals surface area (Å²) in [6.45, 7) is 5.11. The summed E-state index contributed by atoms with van der Waals surface area (Å²) < 4.78 is 0. The summed E-state index contributed by atoms with van der Waals surface area (Å²) in [6.07, 6.45) is 7.85. The van der Waals surface area contributed by atoms with E-state index in [1.54, 1.807) is 6.92 Å². The van der Waals surface area contributed by atoms with Crippen LogP contribution in [0.4, 0.5) is 0 Å². The molecule has 0 bridgehead atoms. The Hall–Kier alpha value is -0.610. The van der Waals surface area contributed by atoms with Crippen molar-refractivity contribution in [3.05, 3.63) is 0 Å². The number of likely N-dealkylation sites (tertiary alicyclic amines) is 1. The van der Waals surface area contributed by atoms with Gasteiger partial charge in [-0.15, -0.1) is 0 Å². The van der Waals surface area contributed by atoms with Crippen LogP contribution < -0.4 is 5.73 Å². The number of nitrogens with zero attached hydrogens (tertiary/aromatic N) is 1. The van der Waals surface area contributed by atoms with Crippen LogP contribution >= 0.6 is 0 Å². The van der Waals surface area contributed by atoms with Gasteiger partial charge in [-0.3, -0.25) is 4.79 Å². The first-order valence-corrected chi connectivity index (χ1v) is 6.77. The van der Waals surface area contributed by atoms with Gasteiger partial charge in [-0.05, 0) is 58.7 Å². The minimum absolute atomic E-state index is 0.566. The van der Waals surface area contributed by atoms with E-state index in [2.05, 4.69) is 4.90 Å². The van der Waals surface area contributed by atoms with Crippen molar-refractivity contribution in [3.63, 3.8) is 0 Å². The van der Waals surface area contributed by atoms with Gasteiger partial charge in [-0.2, -0.15) is 0 Å². The molecule has 17 heavy (non-hydrogen) atoms. The molecule has 0 radical (unpaired) electrons. The molecule has 0 spiro atoms. The Morgan fingerprint density at radius 1 is 1.24 bits per heavy atom. The quantitative estimate of drug-likeness (QED) is 0.697. The first-order chi connectivity index (χ1) is 8.02. The van der Waals surface area contributed by atoms with Gasteiger partial charge in [0.05, 0.1) is 0 Å². The third-order valence-electron chi connectivity index (χ3n) is 3.61. The second-order valence-electron chi connectivity index (χ2n) is 5.44. The van der Waals surface area contributed by atoms with Crippen LogP contribution in [-0.4, -0.2) is 41.1 Å². The Morgan fingerprint density at radius 2 is 1.82 bits per heavy atom. The molecule has 1 heterocycles. The molecule has 0 saturated carbocycles. The lowest BCUT2D eigenvalue weighted by Gasteiger charge is -2.22. The standard InChI is InChI=1S/C13H26N2O2/c1-13(14,12(16)17)8-4-7-11-15-9-5-2-3-6-10-15/h2-11,14H2,1H3,(H,16,17). The van der Waals surface area contributed by atoms with Crippen molar-refractivity contribution >= 4 is 5.97 Å². The molecule has 0 aromatic heterocycles. The van der Waals surface area contributed by atoms with Crippen LogP contribution in [0.5, 0.6) is 0 Å². The van der Waals surface area contributed by atoms with E-state index in [0.717, 1.165) is 19.4 Å². The van der Waals surface area contributed by atoms with Crippen molar-refractivity contribution in [2.45, 2.75) is 57.4 Å². The molecule has 0 aromatic rings. The van der Waals surface area contributed by atoms with E-state index in [1.807, 2.05) is 0 Å². The predicted octanol–water partition coefficient (Wildman–Crippen LogP) is 1.83. The summed E-state index contributed by atoms with van der Waals surface area (Å²) in [5.74, 6) is -0.896. The molecule has 1 fully saturated rings. The topological polar surface area (TPSA) is 66.6 Å². The molecule has 1 atom stereocenters. The number of hydrogen-bond donors (Lipinski definition) is 2. The van der Waals surface area contributed by atoms with Gasteiger partial charge in [0.25, 0.3) is 0 Å². The summed E-state index contributed by atoms with van der Waals surface area (Å²) in [6, 6.07) is 0. The smallest absolute Gasteiger partial charge is 0.323 e. The fraction of sp³-hybridized carbons (Fsp3) is 0.923. The molecular formula is C13H26N2O2. The number of nitrogens with two attached hydrogens (primary N) is 1.